The van der Waals surface area contributed by atoms with Crippen molar-refractivity contribution < 1.29 is 9.21 Å². The number of aromatic nitrogens is 1. The zero-order valence-corrected chi connectivity index (χ0v) is 14.6. The Labute approximate surface area is 147 Å². The van der Waals surface area contributed by atoms with Gasteiger partial charge in [-0.2, -0.15) is 0 Å². The van der Waals surface area contributed by atoms with Crippen LogP contribution in [0.15, 0.2) is 59.0 Å². The predicted molar refractivity (Wildman–Crippen MR) is 98.6 cm³/mol. The molecule has 3 rings (SSSR count). The second-order valence-electron chi connectivity index (χ2n) is 6.00. The van der Waals surface area contributed by atoms with E-state index in [1.54, 1.807) is 12.1 Å². The Balaban J connectivity index is 1.66. The summed E-state index contributed by atoms with van der Waals surface area (Å²) in [5, 5.41) is 2.85. The van der Waals surface area contributed by atoms with E-state index in [4.69, 9.17) is 4.42 Å². The van der Waals surface area contributed by atoms with Crippen LogP contribution in [0.4, 0.5) is 5.69 Å². The number of aryl methyl sites for hydroxylation is 1. The second kappa shape index (κ2) is 7.21. The fourth-order valence-corrected chi connectivity index (χ4v) is 2.56. The smallest absolute Gasteiger partial charge is 0.251 e. The van der Waals surface area contributed by atoms with Gasteiger partial charge < -0.3 is 14.6 Å². The largest absolute Gasteiger partial charge is 0.443 e. The Kier molecular flexibility index (Phi) is 4.84. The Morgan fingerprint density at radius 1 is 1.08 bits per heavy atom. The first-order valence-corrected chi connectivity index (χ1v) is 8.12. The van der Waals surface area contributed by atoms with Crippen LogP contribution < -0.4 is 10.2 Å². The fourth-order valence-electron chi connectivity index (χ4n) is 2.56. The lowest BCUT2D eigenvalue weighted by Gasteiger charge is -2.12. The average molecular weight is 335 g/mol. The van der Waals surface area contributed by atoms with E-state index in [2.05, 4.69) is 10.3 Å². The maximum atomic E-state index is 12.3. The molecule has 0 unspecified atom stereocenters. The molecule has 0 atom stereocenters. The summed E-state index contributed by atoms with van der Waals surface area (Å²) >= 11 is 0. The first-order chi connectivity index (χ1) is 12.0. The highest BCUT2D eigenvalue weighted by molar-refractivity contribution is 5.94. The quantitative estimate of drug-likeness (QED) is 0.773. The molecular weight excluding hydrogens is 314 g/mol. The number of rotatable bonds is 5. The van der Waals surface area contributed by atoms with Gasteiger partial charge in [0, 0.05) is 30.9 Å². The van der Waals surface area contributed by atoms with Gasteiger partial charge in [-0.15, -0.1) is 0 Å². The molecule has 1 heterocycles. The van der Waals surface area contributed by atoms with Crippen LogP contribution in [0.5, 0.6) is 0 Å². The van der Waals surface area contributed by atoms with E-state index in [1.807, 2.05) is 68.4 Å². The molecule has 0 aliphatic rings. The van der Waals surface area contributed by atoms with Gasteiger partial charge in [0.05, 0.1) is 6.54 Å². The van der Waals surface area contributed by atoms with Crippen LogP contribution in [-0.4, -0.2) is 25.0 Å². The molecular formula is C20H21N3O2. The molecule has 25 heavy (non-hydrogen) atoms. The Bertz CT molecular complexity index is 852. The summed E-state index contributed by atoms with van der Waals surface area (Å²) in [5.41, 5.74) is 3.46. The van der Waals surface area contributed by atoms with Crippen LogP contribution in [-0.2, 0) is 6.54 Å². The predicted octanol–water partition coefficient (Wildman–Crippen LogP) is 3.65. The monoisotopic (exact) mass is 335 g/mol. The van der Waals surface area contributed by atoms with Gasteiger partial charge >= 0.3 is 0 Å². The minimum atomic E-state index is -0.151. The number of nitrogens with zero attached hydrogens (tertiary/aromatic N) is 2. The molecule has 0 fully saturated rings. The Morgan fingerprint density at radius 3 is 2.40 bits per heavy atom. The molecule has 1 aromatic heterocycles. The van der Waals surface area contributed by atoms with Gasteiger partial charge in [-0.05, 0) is 31.2 Å². The van der Waals surface area contributed by atoms with Crippen molar-refractivity contribution in [3.05, 3.63) is 71.8 Å². The Hall–Kier alpha value is -3.08. The SMILES string of the molecule is Cc1oc(CNC(=O)c2ccc(N(C)C)cc2)nc1-c1ccccc1. The van der Waals surface area contributed by atoms with Crippen LogP contribution in [0.2, 0.25) is 0 Å². The highest BCUT2D eigenvalue weighted by atomic mass is 16.4. The van der Waals surface area contributed by atoms with Gasteiger partial charge in [0.25, 0.3) is 5.91 Å². The zero-order chi connectivity index (χ0) is 17.8. The molecule has 0 spiro atoms. The number of carbonyl (C=O) groups is 1. The lowest BCUT2D eigenvalue weighted by atomic mass is 10.1. The van der Waals surface area contributed by atoms with E-state index in [0.717, 1.165) is 22.7 Å². The van der Waals surface area contributed by atoms with E-state index in [-0.39, 0.29) is 12.5 Å². The van der Waals surface area contributed by atoms with Crippen molar-refractivity contribution in [1.29, 1.82) is 0 Å². The lowest BCUT2D eigenvalue weighted by Crippen LogP contribution is -2.23. The van der Waals surface area contributed by atoms with Crippen molar-refractivity contribution in [2.75, 3.05) is 19.0 Å². The summed E-state index contributed by atoms with van der Waals surface area (Å²) in [6.45, 7) is 2.13. The van der Waals surface area contributed by atoms with Gasteiger partial charge in [-0.25, -0.2) is 4.98 Å². The van der Waals surface area contributed by atoms with E-state index < -0.39 is 0 Å². The lowest BCUT2D eigenvalue weighted by molar-refractivity contribution is 0.0947. The first-order valence-electron chi connectivity index (χ1n) is 8.12. The molecule has 0 saturated carbocycles. The number of hydrogen-bond donors (Lipinski definition) is 1. The first kappa shape index (κ1) is 16.8. The van der Waals surface area contributed by atoms with Gasteiger partial charge in [0.15, 0.2) is 0 Å². The minimum absolute atomic E-state index is 0.151. The van der Waals surface area contributed by atoms with E-state index in [0.29, 0.717) is 11.5 Å². The second-order valence-corrected chi connectivity index (χ2v) is 6.00. The molecule has 5 nitrogen and oxygen atoms in total. The molecule has 0 aliphatic carbocycles. The standard InChI is InChI=1S/C20H21N3O2/c1-14-19(15-7-5-4-6-8-15)22-18(25-14)13-21-20(24)16-9-11-17(12-10-16)23(2)3/h4-12H,13H2,1-3H3,(H,21,24). The van der Waals surface area contributed by atoms with Crippen LogP contribution in [0.1, 0.15) is 22.0 Å². The molecule has 5 heteroatoms. The molecule has 0 radical (unpaired) electrons. The van der Waals surface area contributed by atoms with Crippen LogP contribution in [0.3, 0.4) is 0 Å². The number of benzene rings is 2. The minimum Gasteiger partial charge on any atom is -0.443 e. The summed E-state index contributed by atoms with van der Waals surface area (Å²) in [7, 11) is 3.93. The van der Waals surface area contributed by atoms with Gasteiger partial charge in [0.1, 0.15) is 11.5 Å². The zero-order valence-electron chi connectivity index (χ0n) is 14.6. The third-order valence-electron chi connectivity index (χ3n) is 3.93. The third kappa shape index (κ3) is 3.88. The number of carbonyl (C=O) groups excluding carboxylic acids is 1. The van der Waals surface area contributed by atoms with E-state index >= 15 is 0 Å². The summed E-state index contributed by atoms with van der Waals surface area (Å²) in [4.78, 5) is 18.8. The number of oxazole rings is 1. The van der Waals surface area contributed by atoms with Gasteiger partial charge in [0.2, 0.25) is 5.89 Å². The van der Waals surface area contributed by atoms with Crippen molar-refractivity contribution in [3.63, 3.8) is 0 Å². The molecule has 1 N–H and O–H groups in total. The molecule has 128 valence electrons. The van der Waals surface area contributed by atoms with E-state index in [1.165, 1.54) is 0 Å². The number of amides is 1. The Morgan fingerprint density at radius 2 is 1.76 bits per heavy atom. The van der Waals surface area contributed by atoms with Crippen LogP contribution >= 0.6 is 0 Å². The number of hydrogen-bond acceptors (Lipinski definition) is 4. The summed E-state index contributed by atoms with van der Waals surface area (Å²) in [6, 6.07) is 17.3. The van der Waals surface area contributed by atoms with Crippen LogP contribution in [0.25, 0.3) is 11.3 Å². The van der Waals surface area contributed by atoms with Crippen molar-refractivity contribution in [1.82, 2.24) is 10.3 Å². The number of anilines is 1. The third-order valence-corrected chi connectivity index (χ3v) is 3.93. The molecule has 3 aromatic rings. The van der Waals surface area contributed by atoms with Crippen molar-refractivity contribution in [2.45, 2.75) is 13.5 Å². The van der Waals surface area contributed by atoms with Crippen molar-refractivity contribution in [2.24, 2.45) is 0 Å². The highest BCUT2D eigenvalue weighted by Crippen LogP contribution is 2.23. The summed E-state index contributed by atoms with van der Waals surface area (Å²) < 4.78 is 5.67. The molecule has 0 bridgehead atoms. The van der Waals surface area contributed by atoms with Crippen LogP contribution in [0, 0.1) is 6.92 Å². The molecule has 0 saturated heterocycles. The molecule has 0 aliphatic heterocycles. The normalized spacial score (nSPS) is 10.5. The van der Waals surface area contributed by atoms with E-state index in [9.17, 15) is 4.79 Å². The topological polar surface area (TPSA) is 58.4 Å². The molecule has 1 amide bonds. The maximum absolute atomic E-state index is 12.3. The summed E-state index contributed by atoms with van der Waals surface area (Å²) in [5.74, 6) is 1.09. The highest BCUT2D eigenvalue weighted by Gasteiger charge is 2.13. The van der Waals surface area contributed by atoms with Crippen molar-refractivity contribution >= 4 is 11.6 Å². The average Bonchev–Trinajstić information content (AvgIpc) is 3.01. The summed E-state index contributed by atoms with van der Waals surface area (Å²) in [6.07, 6.45) is 0. The molecule has 2 aromatic carbocycles. The number of nitrogens with one attached hydrogen (secondary N) is 1. The maximum Gasteiger partial charge on any atom is 0.251 e. The van der Waals surface area contributed by atoms with Gasteiger partial charge in [-0.3, -0.25) is 4.79 Å². The fraction of sp³-hybridized carbons (Fsp3) is 0.200. The van der Waals surface area contributed by atoms with Gasteiger partial charge in [-0.1, -0.05) is 30.3 Å². The van der Waals surface area contributed by atoms with Crippen molar-refractivity contribution in [3.8, 4) is 11.3 Å².